The molecule has 2 aromatic carbocycles. The Labute approximate surface area is 182 Å². The zero-order valence-corrected chi connectivity index (χ0v) is 18.8. The molecule has 0 aliphatic heterocycles. The van der Waals surface area contributed by atoms with Crippen LogP contribution in [0.25, 0.3) is 0 Å². The van der Waals surface area contributed by atoms with Crippen molar-refractivity contribution in [3.63, 3.8) is 0 Å². The average Bonchev–Trinajstić information content (AvgIpc) is 2.63. The van der Waals surface area contributed by atoms with Crippen LogP contribution in [0.2, 0.25) is 0 Å². The summed E-state index contributed by atoms with van der Waals surface area (Å²) in [5, 5.41) is 6.63. The van der Waals surface area contributed by atoms with Crippen molar-refractivity contribution in [2.24, 2.45) is 0 Å². The van der Waals surface area contributed by atoms with E-state index in [1.54, 1.807) is 32.0 Å². The number of hydrogen-bond donors (Lipinski definition) is 3. The van der Waals surface area contributed by atoms with E-state index in [-0.39, 0.29) is 10.7 Å². The number of hydrogen-bond acceptors (Lipinski definition) is 5. The number of thiocarbonyl (C=S) groups is 1. The molecule has 0 saturated carbocycles. The van der Waals surface area contributed by atoms with E-state index in [9.17, 15) is 8.42 Å². The Morgan fingerprint density at radius 2 is 1.60 bits per heavy atom. The highest BCUT2D eigenvalue weighted by molar-refractivity contribution is 7.92. The fourth-order valence-corrected chi connectivity index (χ4v) is 4.14. The first-order chi connectivity index (χ1) is 14.1. The lowest BCUT2D eigenvalue weighted by molar-refractivity contribution is 0.601. The van der Waals surface area contributed by atoms with Crippen LogP contribution in [0.4, 0.5) is 17.2 Å². The van der Waals surface area contributed by atoms with Crippen LogP contribution in [-0.4, -0.2) is 23.5 Å². The summed E-state index contributed by atoms with van der Waals surface area (Å²) < 4.78 is 27.7. The lowest BCUT2D eigenvalue weighted by Crippen LogP contribution is -2.20. The molecule has 1 aromatic heterocycles. The first-order valence-corrected chi connectivity index (χ1v) is 11.1. The van der Waals surface area contributed by atoms with E-state index in [4.69, 9.17) is 12.2 Å². The Balaban J connectivity index is 1.68. The van der Waals surface area contributed by atoms with Gasteiger partial charge in [-0.3, -0.25) is 4.72 Å². The molecule has 7 nitrogen and oxygen atoms in total. The third kappa shape index (κ3) is 5.52. The zero-order chi connectivity index (χ0) is 21.9. The van der Waals surface area contributed by atoms with Gasteiger partial charge in [-0.1, -0.05) is 17.7 Å². The van der Waals surface area contributed by atoms with Crippen molar-refractivity contribution in [2.45, 2.75) is 32.6 Å². The Bertz CT molecular complexity index is 1170. The summed E-state index contributed by atoms with van der Waals surface area (Å²) in [7, 11) is -3.77. The van der Waals surface area contributed by atoms with E-state index in [0.717, 1.165) is 11.3 Å². The van der Waals surface area contributed by atoms with Gasteiger partial charge in [-0.25, -0.2) is 18.4 Å². The third-order valence-corrected chi connectivity index (χ3v) is 5.83. The van der Waals surface area contributed by atoms with Crippen LogP contribution in [0, 0.1) is 27.7 Å². The molecular weight excluding hydrogens is 418 g/mol. The van der Waals surface area contributed by atoms with Crippen LogP contribution in [0.1, 0.15) is 22.6 Å². The minimum Gasteiger partial charge on any atom is -0.332 e. The largest absolute Gasteiger partial charge is 0.332 e. The second-order valence-corrected chi connectivity index (χ2v) is 9.06. The van der Waals surface area contributed by atoms with E-state index in [0.29, 0.717) is 22.3 Å². The monoisotopic (exact) mass is 441 g/mol. The first-order valence-electron chi connectivity index (χ1n) is 9.23. The molecule has 3 aromatic rings. The van der Waals surface area contributed by atoms with Gasteiger partial charge in [0, 0.05) is 23.1 Å². The molecule has 0 bridgehead atoms. The fourth-order valence-electron chi connectivity index (χ4n) is 2.92. The van der Waals surface area contributed by atoms with E-state index in [1.165, 1.54) is 17.7 Å². The highest BCUT2D eigenvalue weighted by Crippen LogP contribution is 2.19. The molecule has 0 fully saturated rings. The molecule has 0 spiro atoms. The summed E-state index contributed by atoms with van der Waals surface area (Å²) in [5.74, 6) is 0.734. The number of nitrogens with zero attached hydrogens (tertiary/aromatic N) is 2. The van der Waals surface area contributed by atoms with E-state index < -0.39 is 10.0 Å². The maximum absolute atomic E-state index is 12.6. The van der Waals surface area contributed by atoms with Gasteiger partial charge in [0.15, 0.2) is 5.11 Å². The average molecular weight is 442 g/mol. The molecule has 0 atom stereocenters. The van der Waals surface area contributed by atoms with E-state index in [1.807, 2.05) is 26.0 Å². The van der Waals surface area contributed by atoms with Crippen molar-refractivity contribution in [1.29, 1.82) is 0 Å². The van der Waals surface area contributed by atoms with Crippen LogP contribution >= 0.6 is 12.2 Å². The lowest BCUT2D eigenvalue weighted by Gasteiger charge is -2.13. The Morgan fingerprint density at radius 3 is 2.23 bits per heavy atom. The van der Waals surface area contributed by atoms with Gasteiger partial charge in [0.2, 0.25) is 0 Å². The Kier molecular flexibility index (Phi) is 6.33. The third-order valence-electron chi connectivity index (χ3n) is 4.26. The molecule has 0 aliphatic carbocycles. The van der Waals surface area contributed by atoms with Crippen molar-refractivity contribution in [1.82, 2.24) is 9.97 Å². The van der Waals surface area contributed by atoms with Crippen molar-refractivity contribution in [3.8, 4) is 0 Å². The topological polar surface area (TPSA) is 96.0 Å². The molecule has 30 heavy (non-hydrogen) atoms. The van der Waals surface area contributed by atoms with Crippen LogP contribution in [-0.2, 0) is 10.0 Å². The minimum absolute atomic E-state index is 0.121. The van der Waals surface area contributed by atoms with Gasteiger partial charge in [-0.15, -0.1) is 0 Å². The normalized spacial score (nSPS) is 11.1. The number of anilines is 3. The van der Waals surface area contributed by atoms with Gasteiger partial charge < -0.3 is 10.6 Å². The van der Waals surface area contributed by atoms with Gasteiger partial charge in [0.05, 0.1) is 4.90 Å². The van der Waals surface area contributed by atoms with Crippen molar-refractivity contribution in [2.75, 3.05) is 15.4 Å². The number of sulfonamides is 1. The van der Waals surface area contributed by atoms with Gasteiger partial charge in [0.1, 0.15) is 11.6 Å². The molecule has 1 heterocycles. The highest BCUT2D eigenvalue weighted by atomic mass is 32.2. The predicted octanol–water partition coefficient (Wildman–Crippen LogP) is 4.32. The molecule has 3 N–H and O–H groups in total. The molecule has 0 unspecified atom stereocenters. The predicted molar refractivity (Wildman–Crippen MR) is 125 cm³/mol. The van der Waals surface area contributed by atoms with Crippen molar-refractivity contribution >= 4 is 44.5 Å². The van der Waals surface area contributed by atoms with Crippen molar-refractivity contribution < 1.29 is 8.42 Å². The standard InChI is InChI=1S/C21H23N5O2S2/c1-13-5-10-19(14(2)11-13)25-21(29)24-17-6-8-18(9-7-17)30(27,28)26-20-12-15(3)22-16(4)23-20/h5-12H,1-4H3,(H,22,23,26)(H2,24,25,29). The molecule has 0 aliphatic rings. The maximum Gasteiger partial charge on any atom is 0.263 e. The second-order valence-electron chi connectivity index (χ2n) is 6.97. The van der Waals surface area contributed by atoms with Gasteiger partial charge in [-0.2, -0.15) is 0 Å². The zero-order valence-electron chi connectivity index (χ0n) is 17.1. The van der Waals surface area contributed by atoms with Crippen LogP contribution in [0.15, 0.2) is 53.4 Å². The molecule has 0 radical (unpaired) electrons. The minimum atomic E-state index is -3.77. The number of aromatic nitrogens is 2. The van der Waals surface area contributed by atoms with Gasteiger partial charge >= 0.3 is 0 Å². The summed E-state index contributed by atoms with van der Waals surface area (Å²) in [4.78, 5) is 8.38. The van der Waals surface area contributed by atoms with Crippen LogP contribution < -0.4 is 15.4 Å². The molecule has 0 saturated heterocycles. The van der Waals surface area contributed by atoms with Crippen LogP contribution in [0.5, 0.6) is 0 Å². The molecule has 9 heteroatoms. The molecule has 3 rings (SSSR count). The molecular formula is C21H23N5O2S2. The number of nitrogens with one attached hydrogen (secondary N) is 3. The highest BCUT2D eigenvalue weighted by Gasteiger charge is 2.15. The second kappa shape index (κ2) is 8.76. The summed E-state index contributed by atoms with van der Waals surface area (Å²) >= 11 is 5.36. The summed E-state index contributed by atoms with van der Waals surface area (Å²) in [5.41, 5.74) is 4.53. The number of benzene rings is 2. The van der Waals surface area contributed by atoms with E-state index in [2.05, 4.69) is 31.4 Å². The quantitative estimate of drug-likeness (QED) is 0.508. The molecule has 156 valence electrons. The molecule has 0 amide bonds. The first kappa shape index (κ1) is 21.7. The Morgan fingerprint density at radius 1 is 0.900 bits per heavy atom. The van der Waals surface area contributed by atoms with Gasteiger partial charge in [-0.05, 0) is 75.8 Å². The maximum atomic E-state index is 12.6. The SMILES string of the molecule is Cc1ccc(NC(=S)Nc2ccc(S(=O)(=O)Nc3cc(C)nc(C)n3)cc2)c(C)c1. The summed E-state index contributed by atoms with van der Waals surface area (Å²) in [6.45, 7) is 7.53. The smallest absolute Gasteiger partial charge is 0.263 e. The summed E-state index contributed by atoms with van der Waals surface area (Å²) in [6, 6.07) is 13.9. The summed E-state index contributed by atoms with van der Waals surface area (Å²) in [6.07, 6.45) is 0. The van der Waals surface area contributed by atoms with Crippen molar-refractivity contribution in [3.05, 3.63) is 71.2 Å². The Hall–Kier alpha value is -3.04. The number of aryl methyl sites for hydroxylation is 4. The fraction of sp³-hybridized carbons (Fsp3) is 0.190. The van der Waals surface area contributed by atoms with Crippen LogP contribution in [0.3, 0.4) is 0 Å². The lowest BCUT2D eigenvalue weighted by atomic mass is 10.1. The van der Waals surface area contributed by atoms with E-state index >= 15 is 0 Å². The van der Waals surface area contributed by atoms with Gasteiger partial charge in [0.25, 0.3) is 10.0 Å². The number of rotatable bonds is 5.